The van der Waals surface area contributed by atoms with Crippen molar-refractivity contribution in [1.82, 2.24) is 14.7 Å². The molecule has 0 aromatic heterocycles. The van der Waals surface area contributed by atoms with Gasteiger partial charge in [-0.15, -0.1) is 0 Å². The predicted molar refractivity (Wildman–Crippen MR) is 124 cm³/mol. The van der Waals surface area contributed by atoms with Crippen LogP contribution in [0, 0.1) is 5.92 Å². The lowest BCUT2D eigenvalue weighted by molar-refractivity contribution is -0.130. The van der Waals surface area contributed by atoms with E-state index in [0.717, 1.165) is 38.0 Å². The Kier molecular flexibility index (Phi) is 8.78. The molecule has 2 aliphatic heterocycles. The summed E-state index contributed by atoms with van der Waals surface area (Å²) in [6, 6.07) is 5.21. The number of carbonyl (C=O) groups excluding carboxylic acids is 2. The van der Waals surface area contributed by atoms with Gasteiger partial charge in [0.25, 0.3) is 0 Å². The first kappa shape index (κ1) is 24.1. The SMILES string of the molecule is C[C@H]1CN(CCCN2CCN(C(=O)C=Cc3ccc(Cl)c(Cl)c3)CCC2=O)CC[C@H]1O. The van der Waals surface area contributed by atoms with Gasteiger partial charge in [-0.1, -0.05) is 36.2 Å². The van der Waals surface area contributed by atoms with Crippen LogP contribution in [-0.2, 0) is 9.59 Å². The van der Waals surface area contributed by atoms with Gasteiger partial charge in [0.1, 0.15) is 0 Å². The minimum Gasteiger partial charge on any atom is -0.393 e. The first-order chi connectivity index (χ1) is 14.8. The molecule has 6 nitrogen and oxygen atoms in total. The number of nitrogens with zero attached hydrogens (tertiary/aromatic N) is 3. The van der Waals surface area contributed by atoms with Crippen LogP contribution in [0.5, 0.6) is 0 Å². The van der Waals surface area contributed by atoms with E-state index in [1.165, 1.54) is 6.08 Å². The normalized spacial score (nSPS) is 23.4. The Morgan fingerprint density at radius 2 is 1.97 bits per heavy atom. The molecular formula is C23H31Cl2N3O3. The van der Waals surface area contributed by atoms with Crippen molar-refractivity contribution >= 4 is 41.1 Å². The number of aliphatic hydroxyl groups excluding tert-OH is 1. The average Bonchev–Trinajstić information content (AvgIpc) is 2.93. The fourth-order valence-corrected chi connectivity index (χ4v) is 4.43. The van der Waals surface area contributed by atoms with Crippen LogP contribution in [0.4, 0.5) is 0 Å². The number of halogens is 2. The van der Waals surface area contributed by atoms with Crippen LogP contribution in [-0.4, -0.2) is 83.5 Å². The maximum atomic E-state index is 12.6. The summed E-state index contributed by atoms with van der Waals surface area (Å²) in [5.74, 6) is 0.290. The van der Waals surface area contributed by atoms with Gasteiger partial charge in [0.05, 0.1) is 16.1 Å². The molecular weight excluding hydrogens is 437 g/mol. The summed E-state index contributed by atoms with van der Waals surface area (Å²) in [7, 11) is 0. The van der Waals surface area contributed by atoms with Crippen molar-refractivity contribution in [3.05, 3.63) is 39.9 Å². The van der Waals surface area contributed by atoms with Crippen LogP contribution >= 0.6 is 23.2 Å². The van der Waals surface area contributed by atoms with E-state index >= 15 is 0 Å². The maximum Gasteiger partial charge on any atom is 0.246 e. The molecule has 2 atom stereocenters. The molecule has 1 aromatic carbocycles. The quantitative estimate of drug-likeness (QED) is 0.652. The standard InChI is InChI=1S/C23H31Cl2N3O3/c1-17-16-26(11-7-21(17)29)9-2-10-27-13-14-28(12-8-23(27)31)22(30)6-4-18-3-5-19(24)20(25)15-18/h3-6,15,17,21,29H,2,7-14,16H2,1H3/t17-,21+/m0/s1. The number of rotatable bonds is 6. The van der Waals surface area contributed by atoms with Gasteiger partial charge in [-0.25, -0.2) is 0 Å². The molecule has 0 radical (unpaired) electrons. The van der Waals surface area contributed by atoms with E-state index in [9.17, 15) is 14.7 Å². The highest BCUT2D eigenvalue weighted by atomic mass is 35.5. The molecule has 0 bridgehead atoms. The molecule has 3 rings (SSSR count). The van der Waals surface area contributed by atoms with Crippen molar-refractivity contribution in [2.24, 2.45) is 5.92 Å². The second-order valence-electron chi connectivity index (χ2n) is 8.45. The molecule has 2 aliphatic rings. The van der Waals surface area contributed by atoms with Crippen molar-refractivity contribution in [2.45, 2.75) is 32.3 Å². The molecule has 8 heteroatoms. The average molecular weight is 468 g/mol. The van der Waals surface area contributed by atoms with Crippen molar-refractivity contribution < 1.29 is 14.7 Å². The molecule has 0 aliphatic carbocycles. The van der Waals surface area contributed by atoms with Crippen molar-refractivity contribution in [3.8, 4) is 0 Å². The van der Waals surface area contributed by atoms with E-state index < -0.39 is 0 Å². The number of hydrogen-bond donors (Lipinski definition) is 1. The summed E-state index contributed by atoms with van der Waals surface area (Å²) in [4.78, 5) is 31.1. The fourth-order valence-electron chi connectivity index (χ4n) is 4.12. The minimum absolute atomic E-state index is 0.103. The van der Waals surface area contributed by atoms with Crippen LogP contribution < -0.4 is 0 Å². The Morgan fingerprint density at radius 1 is 1.16 bits per heavy atom. The summed E-state index contributed by atoms with van der Waals surface area (Å²) in [6.45, 7) is 7.04. The highest BCUT2D eigenvalue weighted by molar-refractivity contribution is 6.42. The number of hydrogen-bond acceptors (Lipinski definition) is 4. The van der Waals surface area contributed by atoms with Gasteiger partial charge < -0.3 is 19.8 Å². The second kappa shape index (κ2) is 11.3. The Labute approximate surface area is 194 Å². The number of benzene rings is 1. The molecule has 1 N–H and O–H groups in total. The lowest BCUT2D eigenvalue weighted by Crippen LogP contribution is -2.43. The van der Waals surface area contributed by atoms with E-state index in [1.54, 1.807) is 29.2 Å². The Bertz CT molecular complexity index is 817. The van der Waals surface area contributed by atoms with E-state index in [1.807, 2.05) is 4.90 Å². The number of aliphatic hydroxyl groups is 1. The molecule has 0 unspecified atom stereocenters. The maximum absolute atomic E-state index is 12.6. The topological polar surface area (TPSA) is 64.1 Å². The molecule has 2 amide bonds. The molecule has 0 saturated carbocycles. The number of likely N-dealkylation sites (tertiary alicyclic amines) is 1. The van der Waals surface area contributed by atoms with Gasteiger partial charge in [0, 0.05) is 51.8 Å². The monoisotopic (exact) mass is 467 g/mol. The smallest absolute Gasteiger partial charge is 0.246 e. The van der Waals surface area contributed by atoms with Crippen LogP contribution in [0.25, 0.3) is 6.08 Å². The Morgan fingerprint density at radius 3 is 2.71 bits per heavy atom. The predicted octanol–water partition coefficient (Wildman–Crippen LogP) is 3.16. The van der Waals surface area contributed by atoms with Crippen molar-refractivity contribution in [1.29, 1.82) is 0 Å². The molecule has 0 spiro atoms. The van der Waals surface area contributed by atoms with Gasteiger partial charge >= 0.3 is 0 Å². The number of piperidine rings is 1. The van der Waals surface area contributed by atoms with Crippen LogP contribution in [0.2, 0.25) is 10.0 Å². The zero-order valence-electron chi connectivity index (χ0n) is 18.0. The van der Waals surface area contributed by atoms with Crippen molar-refractivity contribution in [2.75, 3.05) is 45.8 Å². The fraction of sp³-hybridized carbons (Fsp3) is 0.565. The Hall–Kier alpha value is -1.60. The largest absolute Gasteiger partial charge is 0.393 e. The van der Waals surface area contributed by atoms with Crippen LogP contribution in [0.15, 0.2) is 24.3 Å². The molecule has 31 heavy (non-hydrogen) atoms. The lowest BCUT2D eigenvalue weighted by Gasteiger charge is -2.34. The van der Waals surface area contributed by atoms with Gasteiger partial charge in [-0.05, 0) is 49.1 Å². The van der Waals surface area contributed by atoms with Gasteiger partial charge in [0.15, 0.2) is 0 Å². The van der Waals surface area contributed by atoms with E-state index in [0.29, 0.717) is 48.6 Å². The third kappa shape index (κ3) is 6.94. The third-order valence-electron chi connectivity index (χ3n) is 6.11. The zero-order chi connectivity index (χ0) is 22.4. The first-order valence-electron chi connectivity index (χ1n) is 10.9. The summed E-state index contributed by atoms with van der Waals surface area (Å²) in [6.07, 6.45) is 5.10. The Balaban J connectivity index is 1.45. The lowest BCUT2D eigenvalue weighted by atomic mass is 9.97. The zero-order valence-corrected chi connectivity index (χ0v) is 19.5. The molecule has 1 aromatic rings. The second-order valence-corrected chi connectivity index (χ2v) is 9.26. The highest BCUT2D eigenvalue weighted by Gasteiger charge is 2.25. The molecule has 170 valence electrons. The summed E-state index contributed by atoms with van der Waals surface area (Å²) >= 11 is 11.9. The van der Waals surface area contributed by atoms with Gasteiger partial charge in [-0.3, -0.25) is 9.59 Å². The van der Waals surface area contributed by atoms with E-state index in [2.05, 4.69) is 11.8 Å². The highest BCUT2D eigenvalue weighted by Crippen LogP contribution is 2.23. The molecule has 2 heterocycles. The third-order valence-corrected chi connectivity index (χ3v) is 6.85. The minimum atomic E-state index is -0.197. The molecule has 2 saturated heterocycles. The van der Waals surface area contributed by atoms with E-state index in [4.69, 9.17) is 23.2 Å². The van der Waals surface area contributed by atoms with E-state index in [-0.39, 0.29) is 17.9 Å². The van der Waals surface area contributed by atoms with Crippen molar-refractivity contribution in [3.63, 3.8) is 0 Å². The molecule has 2 fully saturated rings. The van der Waals surface area contributed by atoms with Crippen LogP contribution in [0.1, 0.15) is 31.7 Å². The number of carbonyl (C=O) groups is 2. The first-order valence-corrected chi connectivity index (χ1v) is 11.7. The van der Waals surface area contributed by atoms with Gasteiger partial charge in [0.2, 0.25) is 11.8 Å². The van der Waals surface area contributed by atoms with Crippen LogP contribution in [0.3, 0.4) is 0 Å². The summed E-state index contributed by atoms with van der Waals surface area (Å²) < 4.78 is 0. The number of amides is 2. The van der Waals surface area contributed by atoms with Gasteiger partial charge in [-0.2, -0.15) is 0 Å². The summed E-state index contributed by atoms with van der Waals surface area (Å²) in [5.41, 5.74) is 0.801. The summed E-state index contributed by atoms with van der Waals surface area (Å²) in [5, 5.41) is 10.8.